The van der Waals surface area contributed by atoms with Gasteiger partial charge in [-0.25, -0.2) is 4.98 Å². The lowest BCUT2D eigenvalue weighted by Crippen LogP contribution is -1.81. The summed E-state index contributed by atoms with van der Waals surface area (Å²) in [6.45, 7) is 0. The second-order valence-corrected chi connectivity index (χ2v) is 4.45. The lowest BCUT2D eigenvalue weighted by molar-refractivity contribution is 1.01. The van der Waals surface area contributed by atoms with Crippen LogP contribution in [-0.2, 0) is 0 Å². The van der Waals surface area contributed by atoms with Crippen LogP contribution in [0.25, 0.3) is 0 Å². The van der Waals surface area contributed by atoms with E-state index in [9.17, 15) is 0 Å². The zero-order chi connectivity index (χ0) is 9.80. The minimum absolute atomic E-state index is 0.423. The first-order valence-corrected chi connectivity index (χ1v) is 5.38. The Hall–Kier alpha value is -1.45. The molecule has 0 bridgehead atoms. The maximum atomic E-state index is 8.55. The third-order valence-electron chi connectivity index (χ3n) is 1.40. The molecule has 2 aromatic heterocycles. The standard InChI is InChI=1S/C8H4N4S2/c9-3-6-1-2-7(4-10-6)14-8-12-11-5-13-8/h1-2,4-5H. The van der Waals surface area contributed by atoms with Gasteiger partial charge >= 0.3 is 0 Å². The van der Waals surface area contributed by atoms with E-state index in [1.165, 1.54) is 23.1 Å². The molecule has 14 heavy (non-hydrogen) atoms. The molecule has 0 aliphatic heterocycles. The Bertz CT molecular complexity index is 443. The van der Waals surface area contributed by atoms with Gasteiger partial charge in [-0.2, -0.15) is 5.26 Å². The lowest BCUT2D eigenvalue weighted by atomic mass is 10.4. The van der Waals surface area contributed by atoms with E-state index in [-0.39, 0.29) is 0 Å². The molecule has 0 fully saturated rings. The summed E-state index contributed by atoms with van der Waals surface area (Å²) in [5, 5.41) is 16.2. The quantitative estimate of drug-likeness (QED) is 0.774. The van der Waals surface area contributed by atoms with Crippen LogP contribution in [0.1, 0.15) is 5.69 Å². The van der Waals surface area contributed by atoms with E-state index in [0.29, 0.717) is 5.69 Å². The summed E-state index contributed by atoms with van der Waals surface area (Å²) in [5.74, 6) is 0. The molecule has 0 amide bonds. The maximum Gasteiger partial charge on any atom is 0.178 e. The van der Waals surface area contributed by atoms with Gasteiger partial charge in [0.15, 0.2) is 4.34 Å². The Labute approximate surface area is 88.6 Å². The fraction of sp³-hybridized carbons (Fsp3) is 0. The molecule has 2 aromatic rings. The molecule has 0 unspecified atom stereocenters. The SMILES string of the molecule is N#Cc1ccc(Sc2nncs2)cn1. The van der Waals surface area contributed by atoms with Crippen LogP contribution in [0.2, 0.25) is 0 Å². The molecule has 0 spiro atoms. The third kappa shape index (κ3) is 2.07. The number of nitriles is 1. The first-order valence-electron chi connectivity index (χ1n) is 3.68. The van der Waals surface area contributed by atoms with Gasteiger partial charge < -0.3 is 0 Å². The van der Waals surface area contributed by atoms with Gasteiger partial charge in [0.05, 0.1) is 0 Å². The molecule has 4 nitrogen and oxygen atoms in total. The van der Waals surface area contributed by atoms with Crippen molar-refractivity contribution in [2.75, 3.05) is 0 Å². The molecule has 0 atom stereocenters. The number of nitrogens with zero attached hydrogens (tertiary/aromatic N) is 4. The Morgan fingerprint density at radius 2 is 2.36 bits per heavy atom. The van der Waals surface area contributed by atoms with Crippen molar-refractivity contribution in [2.24, 2.45) is 0 Å². The molecule has 0 saturated carbocycles. The van der Waals surface area contributed by atoms with Gasteiger partial charge in [-0.15, -0.1) is 10.2 Å². The van der Waals surface area contributed by atoms with Gasteiger partial charge in [0, 0.05) is 11.1 Å². The van der Waals surface area contributed by atoms with E-state index >= 15 is 0 Å². The Morgan fingerprint density at radius 1 is 1.43 bits per heavy atom. The lowest BCUT2D eigenvalue weighted by Gasteiger charge is -1.94. The molecule has 2 rings (SSSR count). The first kappa shape index (κ1) is 9.12. The first-order chi connectivity index (χ1) is 6.88. The van der Waals surface area contributed by atoms with Crippen molar-refractivity contribution in [3.8, 4) is 6.07 Å². The molecule has 0 saturated heterocycles. The predicted octanol–water partition coefficient (Wildman–Crippen LogP) is 1.96. The minimum atomic E-state index is 0.423. The van der Waals surface area contributed by atoms with Gasteiger partial charge in [0.1, 0.15) is 17.3 Å². The smallest absolute Gasteiger partial charge is 0.178 e. The summed E-state index contributed by atoms with van der Waals surface area (Å²) in [5.41, 5.74) is 2.10. The van der Waals surface area contributed by atoms with Gasteiger partial charge in [-0.1, -0.05) is 23.1 Å². The predicted molar refractivity (Wildman–Crippen MR) is 53.0 cm³/mol. The van der Waals surface area contributed by atoms with E-state index in [1.54, 1.807) is 17.8 Å². The average molecular weight is 220 g/mol. The normalized spacial score (nSPS) is 9.64. The third-order valence-corrected chi connectivity index (χ3v) is 3.15. The van der Waals surface area contributed by atoms with Crippen LogP contribution in [0.4, 0.5) is 0 Å². The highest BCUT2D eigenvalue weighted by molar-refractivity contribution is 8.01. The fourth-order valence-corrected chi connectivity index (χ4v) is 2.24. The summed E-state index contributed by atoms with van der Waals surface area (Å²) in [7, 11) is 0. The van der Waals surface area contributed by atoms with Crippen LogP contribution in [0.15, 0.2) is 33.1 Å². The highest BCUT2D eigenvalue weighted by Crippen LogP contribution is 2.27. The van der Waals surface area contributed by atoms with Gasteiger partial charge in [0.2, 0.25) is 0 Å². The average Bonchev–Trinajstić information content (AvgIpc) is 2.72. The topological polar surface area (TPSA) is 62.5 Å². The molecule has 0 aromatic carbocycles. The summed E-state index contributed by atoms with van der Waals surface area (Å²) in [6.07, 6.45) is 1.66. The van der Waals surface area contributed by atoms with E-state index < -0.39 is 0 Å². The highest BCUT2D eigenvalue weighted by atomic mass is 32.2. The number of pyridine rings is 1. The van der Waals surface area contributed by atoms with Crippen LogP contribution in [-0.4, -0.2) is 15.2 Å². The molecule has 0 aliphatic rings. The van der Waals surface area contributed by atoms with Crippen molar-refractivity contribution in [2.45, 2.75) is 9.24 Å². The zero-order valence-electron chi connectivity index (χ0n) is 6.91. The number of hydrogen-bond donors (Lipinski definition) is 0. The van der Waals surface area contributed by atoms with Crippen molar-refractivity contribution < 1.29 is 0 Å². The van der Waals surface area contributed by atoms with Crippen LogP contribution >= 0.6 is 23.1 Å². The zero-order valence-corrected chi connectivity index (χ0v) is 8.55. The molecule has 2 heterocycles. The van der Waals surface area contributed by atoms with Crippen molar-refractivity contribution in [3.63, 3.8) is 0 Å². The van der Waals surface area contributed by atoms with Crippen molar-refractivity contribution in [3.05, 3.63) is 29.5 Å². The molecule has 0 aliphatic carbocycles. The Balaban J connectivity index is 2.15. The van der Waals surface area contributed by atoms with Crippen molar-refractivity contribution >= 4 is 23.1 Å². The van der Waals surface area contributed by atoms with Crippen molar-refractivity contribution in [1.82, 2.24) is 15.2 Å². The van der Waals surface area contributed by atoms with Gasteiger partial charge in [-0.05, 0) is 12.1 Å². The van der Waals surface area contributed by atoms with E-state index in [0.717, 1.165) is 9.24 Å². The summed E-state index contributed by atoms with van der Waals surface area (Å²) < 4.78 is 0.872. The van der Waals surface area contributed by atoms with Gasteiger partial charge in [-0.3, -0.25) is 0 Å². The maximum absolute atomic E-state index is 8.55. The molecule has 0 N–H and O–H groups in total. The molecule has 68 valence electrons. The van der Waals surface area contributed by atoms with Crippen molar-refractivity contribution in [1.29, 1.82) is 5.26 Å². The molecular weight excluding hydrogens is 216 g/mol. The molecule has 0 radical (unpaired) electrons. The summed E-state index contributed by atoms with van der Waals surface area (Å²) in [6, 6.07) is 5.50. The second-order valence-electron chi connectivity index (χ2n) is 2.30. The monoisotopic (exact) mass is 220 g/mol. The number of rotatable bonds is 2. The van der Waals surface area contributed by atoms with Crippen LogP contribution in [0, 0.1) is 11.3 Å². The van der Waals surface area contributed by atoms with Crippen LogP contribution in [0.3, 0.4) is 0 Å². The Morgan fingerprint density at radius 3 is 2.93 bits per heavy atom. The number of hydrogen-bond acceptors (Lipinski definition) is 6. The minimum Gasteiger partial charge on any atom is -0.244 e. The molecular formula is C8H4N4S2. The highest BCUT2D eigenvalue weighted by Gasteiger charge is 2.00. The summed E-state index contributed by atoms with van der Waals surface area (Å²) in [4.78, 5) is 4.91. The summed E-state index contributed by atoms with van der Waals surface area (Å²) >= 11 is 2.96. The van der Waals surface area contributed by atoms with Crippen LogP contribution in [0.5, 0.6) is 0 Å². The van der Waals surface area contributed by atoms with Gasteiger partial charge in [0.25, 0.3) is 0 Å². The van der Waals surface area contributed by atoms with E-state index in [2.05, 4.69) is 15.2 Å². The van der Waals surface area contributed by atoms with Crippen LogP contribution < -0.4 is 0 Å². The number of aromatic nitrogens is 3. The fourth-order valence-electron chi connectivity index (χ4n) is 0.815. The molecule has 6 heteroatoms. The van der Waals surface area contributed by atoms with E-state index in [4.69, 9.17) is 5.26 Å². The second kappa shape index (κ2) is 4.17. The largest absolute Gasteiger partial charge is 0.244 e. The Kier molecular flexibility index (Phi) is 2.72. The van der Waals surface area contributed by atoms with E-state index in [1.807, 2.05) is 12.1 Å².